The van der Waals surface area contributed by atoms with Gasteiger partial charge in [0.2, 0.25) is 15.9 Å². The summed E-state index contributed by atoms with van der Waals surface area (Å²) in [4.78, 5) is 12.6. The summed E-state index contributed by atoms with van der Waals surface area (Å²) in [7, 11) is -3.85. The van der Waals surface area contributed by atoms with Crippen molar-refractivity contribution in [1.29, 1.82) is 0 Å². The lowest BCUT2D eigenvalue weighted by atomic mass is 10.1. The molecule has 1 aromatic heterocycles. The number of aromatic nitrogens is 3. The molecular weight excluding hydrogens is 434 g/mol. The minimum absolute atomic E-state index is 0.0592. The van der Waals surface area contributed by atoms with E-state index in [4.69, 9.17) is 5.14 Å². The molecule has 2 aromatic carbocycles. The Hall–Kier alpha value is -2.69. The van der Waals surface area contributed by atoms with Crippen LogP contribution in [0.25, 0.3) is 11.4 Å². The van der Waals surface area contributed by atoms with Crippen LogP contribution in [0.3, 0.4) is 0 Å². The van der Waals surface area contributed by atoms with Crippen LogP contribution >= 0.6 is 11.8 Å². The Morgan fingerprint density at radius 1 is 1.19 bits per heavy atom. The fourth-order valence-electron chi connectivity index (χ4n) is 3.01. The van der Waals surface area contributed by atoms with Gasteiger partial charge in [-0.2, -0.15) is 0 Å². The van der Waals surface area contributed by atoms with Crippen LogP contribution in [0, 0.1) is 6.92 Å². The van der Waals surface area contributed by atoms with E-state index in [2.05, 4.69) is 28.5 Å². The van der Waals surface area contributed by atoms with Gasteiger partial charge in [0.1, 0.15) is 0 Å². The van der Waals surface area contributed by atoms with E-state index in [0.717, 1.165) is 29.9 Å². The third-order valence-corrected chi connectivity index (χ3v) is 6.51. The Labute approximate surface area is 186 Å². The minimum Gasteiger partial charge on any atom is -0.325 e. The number of hydrogen-bond donors (Lipinski definition) is 2. The number of aryl methyl sites for hydroxylation is 1. The van der Waals surface area contributed by atoms with Gasteiger partial charge in [0.05, 0.1) is 10.1 Å². The number of amides is 1. The third kappa shape index (κ3) is 5.72. The zero-order chi connectivity index (χ0) is 22.6. The van der Waals surface area contributed by atoms with Gasteiger partial charge in [0, 0.05) is 17.8 Å². The summed E-state index contributed by atoms with van der Waals surface area (Å²) < 4.78 is 25.1. The van der Waals surface area contributed by atoms with Gasteiger partial charge in [-0.1, -0.05) is 48.5 Å². The third-order valence-electron chi connectivity index (χ3n) is 4.52. The molecule has 0 aliphatic heterocycles. The molecule has 0 aliphatic rings. The predicted octanol–water partition coefficient (Wildman–Crippen LogP) is 3.43. The molecule has 0 aliphatic carbocycles. The molecule has 1 unspecified atom stereocenters. The number of anilines is 1. The average Bonchev–Trinajstić information content (AvgIpc) is 3.10. The van der Waals surface area contributed by atoms with Crippen LogP contribution in [0.4, 0.5) is 5.69 Å². The molecule has 10 heteroatoms. The van der Waals surface area contributed by atoms with Gasteiger partial charge in [-0.15, -0.1) is 10.2 Å². The maximum absolute atomic E-state index is 12.7. The number of carbonyl (C=O) groups excluding carboxylic acids is 1. The second-order valence-electron chi connectivity index (χ2n) is 7.15. The molecule has 3 rings (SSSR count). The number of thioether (sulfide) groups is 1. The number of rotatable bonds is 8. The largest absolute Gasteiger partial charge is 0.325 e. The van der Waals surface area contributed by atoms with Crippen molar-refractivity contribution >= 4 is 33.4 Å². The van der Waals surface area contributed by atoms with E-state index in [1.165, 1.54) is 30.0 Å². The molecule has 31 heavy (non-hydrogen) atoms. The monoisotopic (exact) mass is 459 g/mol. The lowest BCUT2D eigenvalue weighted by Crippen LogP contribution is -2.23. The molecule has 1 atom stereocenters. The maximum atomic E-state index is 12.7. The molecule has 0 saturated heterocycles. The van der Waals surface area contributed by atoms with Crippen LogP contribution in [0.5, 0.6) is 0 Å². The van der Waals surface area contributed by atoms with Crippen LogP contribution in [-0.2, 0) is 21.4 Å². The molecular formula is C21H25N5O3S2. The molecule has 3 N–H and O–H groups in total. The SMILES string of the molecule is CCCn1c(SC(C)C(=O)Nc2cccc(S(N)(=O)=O)c2)nnc1-c1cccc(C)c1. The standard InChI is InChI=1S/C21H25N5O3S2/c1-4-11-26-19(16-8-5-7-14(2)12-16)24-25-21(26)30-15(3)20(27)23-17-9-6-10-18(13-17)31(22,28)29/h5-10,12-13,15H,4,11H2,1-3H3,(H,23,27)(H2,22,28,29). The highest BCUT2D eigenvalue weighted by molar-refractivity contribution is 8.00. The normalized spacial score (nSPS) is 12.5. The highest BCUT2D eigenvalue weighted by atomic mass is 32.2. The second-order valence-corrected chi connectivity index (χ2v) is 10.0. The van der Waals surface area contributed by atoms with Crippen molar-refractivity contribution in [3.05, 3.63) is 54.1 Å². The summed E-state index contributed by atoms with van der Waals surface area (Å²) in [5.74, 6) is 0.487. The van der Waals surface area contributed by atoms with Gasteiger partial charge in [0.15, 0.2) is 11.0 Å². The first-order valence-electron chi connectivity index (χ1n) is 9.79. The Morgan fingerprint density at radius 2 is 1.94 bits per heavy atom. The quantitative estimate of drug-likeness (QED) is 0.498. The first-order valence-corrected chi connectivity index (χ1v) is 12.2. The van der Waals surface area contributed by atoms with Crippen molar-refractivity contribution < 1.29 is 13.2 Å². The van der Waals surface area contributed by atoms with E-state index in [0.29, 0.717) is 10.8 Å². The molecule has 3 aromatic rings. The first kappa shape index (κ1) is 23.0. The molecule has 0 saturated carbocycles. The molecule has 0 radical (unpaired) electrons. The summed E-state index contributed by atoms with van der Waals surface area (Å²) in [6, 6.07) is 13.9. The topological polar surface area (TPSA) is 120 Å². The summed E-state index contributed by atoms with van der Waals surface area (Å²) in [5.41, 5.74) is 2.47. The zero-order valence-corrected chi connectivity index (χ0v) is 19.2. The van der Waals surface area contributed by atoms with E-state index in [9.17, 15) is 13.2 Å². The fourth-order valence-corrected chi connectivity index (χ4v) is 4.44. The molecule has 0 spiro atoms. The number of nitrogens with one attached hydrogen (secondary N) is 1. The Morgan fingerprint density at radius 3 is 2.61 bits per heavy atom. The maximum Gasteiger partial charge on any atom is 0.238 e. The van der Waals surface area contributed by atoms with Gasteiger partial charge >= 0.3 is 0 Å². The van der Waals surface area contributed by atoms with Gasteiger partial charge in [-0.05, 0) is 44.5 Å². The molecule has 0 fully saturated rings. The van der Waals surface area contributed by atoms with Crippen molar-refractivity contribution in [2.75, 3.05) is 5.32 Å². The number of primary sulfonamides is 1. The summed E-state index contributed by atoms with van der Waals surface area (Å²) in [6.45, 7) is 6.59. The smallest absolute Gasteiger partial charge is 0.238 e. The number of sulfonamides is 1. The highest BCUT2D eigenvalue weighted by Crippen LogP contribution is 2.28. The summed E-state index contributed by atoms with van der Waals surface area (Å²) >= 11 is 1.30. The minimum atomic E-state index is -3.85. The van der Waals surface area contributed by atoms with Gasteiger partial charge in [-0.3, -0.25) is 4.79 Å². The summed E-state index contributed by atoms with van der Waals surface area (Å²) in [6.07, 6.45) is 0.894. The van der Waals surface area contributed by atoms with Gasteiger partial charge in [-0.25, -0.2) is 13.6 Å². The van der Waals surface area contributed by atoms with Crippen LogP contribution in [0.15, 0.2) is 58.6 Å². The second kappa shape index (κ2) is 9.63. The predicted molar refractivity (Wildman–Crippen MR) is 122 cm³/mol. The van der Waals surface area contributed by atoms with Crippen molar-refractivity contribution in [2.45, 2.75) is 49.0 Å². The van der Waals surface area contributed by atoms with Gasteiger partial charge in [0.25, 0.3) is 0 Å². The van der Waals surface area contributed by atoms with E-state index in [-0.39, 0.29) is 10.8 Å². The average molecular weight is 460 g/mol. The molecule has 1 amide bonds. The zero-order valence-electron chi connectivity index (χ0n) is 17.6. The highest BCUT2D eigenvalue weighted by Gasteiger charge is 2.21. The lowest BCUT2D eigenvalue weighted by Gasteiger charge is -2.14. The Kier molecular flexibility index (Phi) is 7.14. The summed E-state index contributed by atoms with van der Waals surface area (Å²) in [5, 5.41) is 16.7. The van der Waals surface area contributed by atoms with Crippen LogP contribution in [0.1, 0.15) is 25.8 Å². The van der Waals surface area contributed by atoms with Crippen molar-refractivity contribution in [2.24, 2.45) is 5.14 Å². The van der Waals surface area contributed by atoms with Crippen LogP contribution < -0.4 is 10.5 Å². The molecule has 164 valence electrons. The van der Waals surface area contributed by atoms with Gasteiger partial charge < -0.3 is 9.88 Å². The van der Waals surface area contributed by atoms with E-state index < -0.39 is 15.3 Å². The number of carbonyl (C=O) groups is 1. The first-order chi connectivity index (χ1) is 14.7. The molecule has 0 bridgehead atoms. The molecule has 8 nitrogen and oxygen atoms in total. The van der Waals surface area contributed by atoms with E-state index >= 15 is 0 Å². The number of nitrogens with zero attached hydrogens (tertiary/aromatic N) is 3. The number of nitrogens with two attached hydrogens (primary N) is 1. The van der Waals surface area contributed by atoms with Crippen molar-refractivity contribution in [3.63, 3.8) is 0 Å². The van der Waals surface area contributed by atoms with Crippen LogP contribution in [0.2, 0.25) is 0 Å². The number of hydrogen-bond acceptors (Lipinski definition) is 6. The van der Waals surface area contributed by atoms with E-state index in [1.54, 1.807) is 13.0 Å². The Bertz CT molecular complexity index is 1190. The fraction of sp³-hybridized carbons (Fsp3) is 0.286. The molecule has 1 heterocycles. The van der Waals surface area contributed by atoms with Crippen LogP contribution in [-0.4, -0.2) is 34.3 Å². The Balaban J connectivity index is 1.78. The van der Waals surface area contributed by atoms with Crippen molar-refractivity contribution in [1.82, 2.24) is 14.8 Å². The number of benzene rings is 2. The van der Waals surface area contributed by atoms with E-state index in [1.807, 2.05) is 29.7 Å². The lowest BCUT2D eigenvalue weighted by molar-refractivity contribution is -0.115. The van der Waals surface area contributed by atoms with Crippen molar-refractivity contribution in [3.8, 4) is 11.4 Å².